The van der Waals surface area contributed by atoms with Crippen molar-refractivity contribution in [3.05, 3.63) is 78.0 Å². The third-order valence-electron chi connectivity index (χ3n) is 5.28. The number of ether oxygens (including phenoxy) is 1. The van der Waals surface area contributed by atoms with Crippen molar-refractivity contribution in [2.24, 2.45) is 0 Å². The Balaban J connectivity index is 1.62. The lowest BCUT2D eigenvalue weighted by Gasteiger charge is -2.33. The number of benzene rings is 2. The van der Waals surface area contributed by atoms with Gasteiger partial charge < -0.3 is 9.64 Å². The smallest absolute Gasteiger partial charge is 0.253 e. The van der Waals surface area contributed by atoms with Crippen molar-refractivity contribution in [3.8, 4) is 17.0 Å². The first-order chi connectivity index (χ1) is 14.2. The van der Waals surface area contributed by atoms with E-state index in [0.717, 1.165) is 35.5 Å². The zero-order chi connectivity index (χ0) is 20.2. The van der Waals surface area contributed by atoms with Crippen molar-refractivity contribution in [1.29, 1.82) is 0 Å². The van der Waals surface area contributed by atoms with Gasteiger partial charge in [0.15, 0.2) is 0 Å². The predicted octanol–water partition coefficient (Wildman–Crippen LogP) is 4.31. The number of rotatable bonds is 4. The first-order valence-electron chi connectivity index (χ1n) is 9.66. The van der Waals surface area contributed by atoms with Gasteiger partial charge >= 0.3 is 0 Å². The molecule has 1 fully saturated rings. The van der Waals surface area contributed by atoms with Gasteiger partial charge in [-0.1, -0.05) is 12.1 Å². The lowest BCUT2D eigenvalue weighted by atomic mass is 9.91. The predicted molar refractivity (Wildman–Crippen MR) is 108 cm³/mol. The summed E-state index contributed by atoms with van der Waals surface area (Å²) in [5, 5.41) is 0. The molecule has 0 aliphatic carbocycles. The van der Waals surface area contributed by atoms with E-state index < -0.39 is 0 Å². The van der Waals surface area contributed by atoms with E-state index in [2.05, 4.69) is 9.97 Å². The van der Waals surface area contributed by atoms with Crippen LogP contribution >= 0.6 is 0 Å². The zero-order valence-corrected chi connectivity index (χ0v) is 16.2. The van der Waals surface area contributed by atoms with Gasteiger partial charge in [-0.15, -0.1) is 0 Å². The number of hydrogen-bond donors (Lipinski definition) is 0. The average molecular weight is 391 g/mol. The second kappa shape index (κ2) is 8.39. The van der Waals surface area contributed by atoms with Crippen LogP contribution in [0.3, 0.4) is 0 Å². The maximum absolute atomic E-state index is 13.2. The van der Waals surface area contributed by atoms with Crippen molar-refractivity contribution in [1.82, 2.24) is 14.9 Å². The maximum Gasteiger partial charge on any atom is 0.253 e. The molecule has 2 aromatic carbocycles. The van der Waals surface area contributed by atoms with E-state index in [4.69, 9.17) is 4.74 Å². The second-order valence-corrected chi connectivity index (χ2v) is 7.09. The largest absolute Gasteiger partial charge is 0.496 e. The Morgan fingerprint density at radius 2 is 1.86 bits per heavy atom. The molecule has 3 aromatic rings. The summed E-state index contributed by atoms with van der Waals surface area (Å²) in [6.07, 6.45) is 5.16. The van der Waals surface area contributed by atoms with Crippen molar-refractivity contribution in [3.63, 3.8) is 0 Å². The number of amides is 1. The third-order valence-corrected chi connectivity index (χ3v) is 5.28. The van der Waals surface area contributed by atoms with Crippen LogP contribution in [0.4, 0.5) is 4.39 Å². The standard InChI is InChI=1S/C23H22FN3O2/c1-29-20-7-3-2-6-19(20)22-21(25-12-13-26-22)17-5-4-14-27(15-17)23(28)16-8-10-18(24)11-9-16/h2-3,6-13,17H,4-5,14-15H2,1H3/t17-/m0/s1. The van der Waals surface area contributed by atoms with Gasteiger partial charge in [-0.25, -0.2) is 4.39 Å². The van der Waals surface area contributed by atoms with Crippen LogP contribution in [0.1, 0.15) is 34.8 Å². The van der Waals surface area contributed by atoms with Gasteiger partial charge in [-0.2, -0.15) is 0 Å². The van der Waals surface area contributed by atoms with Crippen LogP contribution in [-0.4, -0.2) is 41.0 Å². The first-order valence-corrected chi connectivity index (χ1v) is 9.66. The summed E-state index contributed by atoms with van der Waals surface area (Å²) in [6.45, 7) is 1.23. The minimum absolute atomic E-state index is 0.0711. The molecule has 0 spiro atoms. The molecular weight excluding hydrogens is 369 g/mol. The van der Waals surface area contributed by atoms with E-state index in [1.807, 2.05) is 29.2 Å². The minimum Gasteiger partial charge on any atom is -0.496 e. The van der Waals surface area contributed by atoms with E-state index in [0.29, 0.717) is 18.7 Å². The summed E-state index contributed by atoms with van der Waals surface area (Å²) in [7, 11) is 1.64. The van der Waals surface area contributed by atoms with E-state index in [1.54, 1.807) is 19.5 Å². The van der Waals surface area contributed by atoms with Gasteiger partial charge in [0.05, 0.1) is 18.5 Å². The summed E-state index contributed by atoms with van der Waals surface area (Å²) in [5.41, 5.74) is 3.04. The molecule has 1 atom stereocenters. The molecular formula is C23H22FN3O2. The number of methoxy groups -OCH3 is 1. The van der Waals surface area contributed by atoms with E-state index in [1.165, 1.54) is 24.3 Å². The number of aromatic nitrogens is 2. The molecule has 6 heteroatoms. The van der Waals surface area contributed by atoms with Gasteiger partial charge in [0.25, 0.3) is 5.91 Å². The number of piperidine rings is 1. The Morgan fingerprint density at radius 3 is 2.66 bits per heavy atom. The molecule has 0 radical (unpaired) electrons. The van der Waals surface area contributed by atoms with Crippen LogP contribution in [0.5, 0.6) is 5.75 Å². The first kappa shape index (κ1) is 19.1. The Hall–Kier alpha value is -3.28. The molecule has 2 heterocycles. The Labute approximate surface area is 169 Å². The molecule has 0 bridgehead atoms. The van der Waals surface area contributed by atoms with Crippen LogP contribution < -0.4 is 4.74 Å². The average Bonchev–Trinajstić information content (AvgIpc) is 2.79. The van der Waals surface area contributed by atoms with E-state index in [-0.39, 0.29) is 17.6 Å². The topological polar surface area (TPSA) is 55.3 Å². The van der Waals surface area contributed by atoms with Crippen molar-refractivity contribution >= 4 is 5.91 Å². The minimum atomic E-state index is -0.348. The summed E-state index contributed by atoms with van der Waals surface area (Å²) in [6, 6.07) is 13.4. The molecule has 0 unspecified atom stereocenters. The Morgan fingerprint density at radius 1 is 1.10 bits per heavy atom. The molecule has 148 valence electrons. The lowest BCUT2D eigenvalue weighted by molar-refractivity contribution is 0.0706. The van der Waals surface area contributed by atoms with Crippen molar-refractivity contribution in [2.75, 3.05) is 20.2 Å². The van der Waals surface area contributed by atoms with E-state index in [9.17, 15) is 9.18 Å². The zero-order valence-electron chi connectivity index (χ0n) is 16.2. The number of carbonyl (C=O) groups is 1. The number of likely N-dealkylation sites (tertiary alicyclic amines) is 1. The number of hydrogen-bond acceptors (Lipinski definition) is 4. The molecule has 1 aliphatic heterocycles. The summed E-state index contributed by atoms with van der Waals surface area (Å²) < 4.78 is 18.7. The number of para-hydroxylation sites is 1. The summed E-state index contributed by atoms with van der Waals surface area (Å²) in [4.78, 5) is 23.9. The van der Waals surface area contributed by atoms with Crippen LogP contribution in [-0.2, 0) is 0 Å². The molecule has 29 heavy (non-hydrogen) atoms. The van der Waals surface area contributed by atoms with Crippen LogP contribution in [0.2, 0.25) is 0 Å². The second-order valence-electron chi connectivity index (χ2n) is 7.09. The van der Waals surface area contributed by atoms with Crippen LogP contribution in [0.25, 0.3) is 11.3 Å². The fourth-order valence-electron chi connectivity index (χ4n) is 3.86. The van der Waals surface area contributed by atoms with E-state index >= 15 is 0 Å². The highest BCUT2D eigenvalue weighted by Gasteiger charge is 2.29. The van der Waals surface area contributed by atoms with Crippen LogP contribution in [0.15, 0.2) is 60.9 Å². The molecule has 4 rings (SSSR count). The molecule has 0 N–H and O–H groups in total. The molecule has 1 aliphatic rings. The van der Waals surface area contributed by atoms with Crippen LogP contribution in [0, 0.1) is 5.82 Å². The van der Waals surface area contributed by atoms with Gasteiger partial charge in [0.1, 0.15) is 11.6 Å². The fraction of sp³-hybridized carbons (Fsp3) is 0.261. The fourth-order valence-corrected chi connectivity index (χ4v) is 3.86. The van der Waals surface area contributed by atoms with Gasteiger partial charge in [-0.05, 0) is 49.2 Å². The quantitative estimate of drug-likeness (QED) is 0.665. The maximum atomic E-state index is 13.2. The number of carbonyl (C=O) groups excluding carboxylic acids is 1. The highest BCUT2D eigenvalue weighted by atomic mass is 19.1. The van der Waals surface area contributed by atoms with Gasteiger partial charge in [-0.3, -0.25) is 14.8 Å². The molecule has 1 amide bonds. The highest BCUT2D eigenvalue weighted by Crippen LogP contribution is 2.35. The molecule has 0 saturated carbocycles. The molecule has 5 nitrogen and oxygen atoms in total. The normalized spacial score (nSPS) is 16.5. The summed E-state index contributed by atoms with van der Waals surface area (Å²) in [5.74, 6) is 0.377. The number of nitrogens with zero attached hydrogens (tertiary/aromatic N) is 3. The van der Waals surface area contributed by atoms with Gasteiger partial charge in [0, 0.05) is 42.5 Å². The lowest BCUT2D eigenvalue weighted by Crippen LogP contribution is -2.39. The monoisotopic (exact) mass is 391 g/mol. The number of halogens is 1. The van der Waals surface area contributed by atoms with Crippen molar-refractivity contribution < 1.29 is 13.9 Å². The Bertz CT molecular complexity index is 1010. The Kier molecular flexibility index (Phi) is 5.51. The third kappa shape index (κ3) is 3.97. The molecule has 1 saturated heterocycles. The SMILES string of the molecule is COc1ccccc1-c1nccnc1[C@H]1CCCN(C(=O)c2ccc(F)cc2)C1. The van der Waals surface area contributed by atoms with Gasteiger partial charge in [0.2, 0.25) is 0 Å². The summed E-state index contributed by atoms with van der Waals surface area (Å²) >= 11 is 0. The molecule has 1 aromatic heterocycles. The van der Waals surface area contributed by atoms with Crippen molar-refractivity contribution in [2.45, 2.75) is 18.8 Å². The highest BCUT2D eigenvalue weighted by molar-refractivity contribution is 5.94.